The van der Waals surface area contributed by atoms with Crippen LogP contribution in [0.1, 0.15) is 60.3 Å². The molecule has 0 spiro atoms. The molecule has 0 aliphatic heterocycles. The van der Waals surface area contributed by atoms with Crippen molar-refractivity contribution in [1.29, 1.82) is 0 Å². The molecule has 0 fully saturated rings. The minimum Gasteiger partial charge on any atom is -0.326 e. The molecule has 0 rings (SSSR count). The molecule has 2 heteroatoms. The van der Waals surface area contributed by atoms with Crippen LogP contribution < -0.4 is 11.1 Å². The SMILES string of the molecule is CCCC(C)(C)CNCCCC(C)(C)N. The lowest BCUT2D eigenvalue weighted by Crippen LogP contribution is -2.34. The monoisotopic (exact) mass is 214 g/mol. The number of hydrogen-bond acceptors (Lipinski definition) is 2. The topological polar surface area (TPSA) is 38.0 Å². The largest absolute Gasteiger partial charge is 0.326 e. The van der Waals surface area contributed by atoms with Gasteiger partial charge >= 0.3 is 0 Å². The van der Waals surface area contributed by atoms with Crippen molar-refractivity contribution in [1.82, 2.24) is 5.32 Å². The molecular weight excluding hydrogens is 184 g/mol. The van der Waals surface area contributed by atoms with Crippen LogP contribution >= 0.6 is 0 Å². The zero-order valence-corrected chi connectivity index (χ0v) is 11.3. The Labute approximate surface area is 96.0 Å². The normalized spacial score (nSPS) is 13.2. The van der Waals surface area contributed by atoms with Gasteiger partial charge in [0.2, 0.25) is 0 Å². The van der Waals surface area contributed by atoms with E-state index < -0.39 is 0 Å². The molecular formula is C13H30N2. The molecule has 0 heterocycles. The van der Waals surface area contributed by atoms with E-state index in [0.717, 1.165) is 19.5 Å². The Morgan fingerprint density at radius 2 is 1.67 bits per heavy atom. The molecule has 0 saturated heterocycles. The van der Waals surface area contributed by atoms with Gasteiger partial charge in [-0.1, -0.05) is 27.2 Å². The molecule has 0 bridgehead atoms. The molecule has 0 unspecified atom stereocenters. The Bertz CT molecular complexity index is 156. The maximum Gasteiger partial charge on any atom is 0.00975 e. The maximum atomic E-state index is 5.92. The molecule has 0 saturated carbocycles. The van der Waals surface area contributed by atoms with E-state index in [9.17, 15) is 0 Å². The summed E-state index contributed by atoms with van der Waals surface area (Å²) in [6.07, 6.45) is 4.83. The lowest BCUT2D eigenvalue weighted by Gasteiger charge is -2.25. The van der Waals surface area contributed by atoms with Crippen LogP contribution in [-0.2, 0) is 0 Å². The average Bonchev–Trinajstić information content (AvgIpc) is 2.00. The predicted molar refractivity (Wildman–Crippen MR) is 69.1 cm³/mol. The number of nitrogens with one attached hydrogen (secondary N) is 1. The highest BCUT2D eigenvalue weighted by Crippen LogP contribution is 2.20. The van der Waals surface area contributed by atoms with E-state index >= 15 is 0 Å². The first-order valence-corrected chi connectivity index (χ1v) is 6.26. The summed E-state index contributed by atoms with van der Waals surface area (Å²) in [7, 11) is 0. The molecule has 92 valence electrons. The van der Waals surface area contributed by atoms with Crippen molar-refractivity contribution in [3.63, 3.8) is 0 Å². The van der Waals surface area contributed by atoms with Gasteiger partial charge < -0.3 is 11.1 Å². The third kappa shape index (κ3) is 10.2. The fourth-order valence-corrected chi connectivity index (χ4v) is 1.86. The average molecular weight is 214 g/mol. The lowest BCUT2D eigenvalue weighted by molar-refractivity contribution is 0.308. The fourth-order valence-electron chi connectivity index (χ4n) is 1.86. The zero-order valence-electron chi connectivity index (χ0n) is 11.3. The van der Waals surface area contributed by atoms with Crippen LogP contribution in [0.2, 0.25) is 0 Å². The molecule has 0 aromatic heterocycles. The molecule has 0 aliphatic rings. The summed E-state index contributed by atoms with van der Waals surface area (Å²) in [4.78, 5) is 0. The molecule has 0 aromatic carbocycles. The van der Waals surface area contributed by atoms with E-state index in [-0.39, 0.29) is 5.54 Å². The number of rotatable bonds is 8. The third-order valence-electron chi connectivity index (χ3n) is 2.70. The Balaban J connectivity index is 3.46. The summed E-state index contributed by atoms with van der Waals surface area (Å²) < 4.78 is 0. The molecule has 3 N–H and O–H groups in total. The zero-order chi connectivity index (χ0) is 11.9. The van der Waals surface area contributed by atoms with Crippen molar-refractivity contribution < 1.29 is 0 Å². The van der Waals surface area contributed by atoms with Crippen molar-refractivity contribution in [2.45, 2.75) is 65.8 Å². The van der Waals surface area contributed by atoms with Crippen LogP contribution in [0.15, 0.2) is 0 Å². The molecule has 2 nitrogen and oxygen atoms in total. The van der Waals surface area contributed by atoms with Gasteiger partial charge in [-0.25, -0.2) is 0 Å². The van der Waals surface area contributed by atoms with Gasteiger partial charge in [-0.05, 0) is 45.1 Å². The second-order valence-corrected chi connectivity index (χ2v) is 6.18. The third-order valence-corrected chi connectivity index (χ3v) is 2.70. The van der Waals surface area contributed by atoms with E-state index in [1.807, 2.05) is 0 Å². The highest BCUT2D eigenvalue weighted by Gasteiger charge is 2.15. The van der Waals surface area contributed by atoms with Crippen LogP contribution in [-0.4, -0.2) is 18.6 Å². The van der Waals surface area contributed by atoms with Gasteiger partial charge in [-0.2, -0.15) is 0 Å². The molecule has 0 aliphatic carbocycles. The summed E-state index contributed by atoms with van der Waals surface area (Å²) >= 11 is 0. The van der Waals surface area contributed by atoms with E-state index in [2.05, 4.69) is 39.9 Å². The van der Waals surface area contributed by atoms with E-state index in [1.54, 1.807) is 0 Å². The first kappa shape index (κ1) is 14.9. The van der Waals surface area contributed by atoms with Gasteiger partial charge in [0.1, 0.15) is 0 Å². The lowest BCUT2D eigenvalue weighted by atomic mass is 9.88. The van der Waals surface area contributed by atoms with Crippen LogP contribution in [0.3, 0.4) is 0 Å². The van der Waals surface area contributed by atoms with Gasteiger partial charge in [0.25, 0.3) is 0 Å². The van der Waals surface area contributed by atoms with Crippen molar-refractivity contribution in [3.8, 4) is 0 Å². The second kappa shape index (κ2) is 6.49. The van der Waals surface area contributed by atoms with E-state index in [4.69, 9.17) is 5.73 Å². The Morgan fingerprint density at radius 3 is 2.13 bits per heavy atom. The molecule has 0 radical (unpaired) electrons. The first-order valence-electron chi connectivity index (χ1n) is 6.26. The molecule has 15 heavy (non-hydrogen) atoms. The Kier molecular flexibility index (Phi) is 6.46. The first-order chi connectivity index (χ1) is 6.77. The van der Waals surface area contributed by atoms with E-state index in [0.29, 0.717) is 5.41 Å². The number of nitrogens with two attached hydrogens (primary N) is 1. The number of hydrogen-bond donors (Lipinski definition) is 2. The van der Waals surface area contributed by atoms with Gasteiger partial charge in [-0.3, -0.25) is 0 Å². The minimum absolute atomic E-state index is 0.0133. The summed E-state index contributed by atoms with van der Waals surface area (Å²) in [5.74, 6) is 0. The maximum absolute atomic E-state index is 5.92. The Morgan fingerprint density at radius 1 is 1.07 bits per heavy atom. The summed E-state index contributed by atoms with van der Waals surface area (Å²) in [6.45, 7) is 13.3. The summed E-state index contributed by atoms with van der Waals surface area (Å²) in [5, 5.41) is 3.53. The molecule has 0 aromatic rings. The van der Waals surface area contributed by atoms with Crippen molar-refractivity contribution in [2.75, 3.05) is 13.1 Å². The van der Waals surface area contributed by atoms with Crippen LogP contribution in [0.25, 0.3) is 0 Å². The van der Waals surface area contributed by atoms with Gasteiger partial charge in [-0.15, -0.1) is 0 Å². The highest BCUT2D eigenvalue weighted by molar-refractivity contribution is 4.73. The smallest absolute Gasteiger partial charge is 0.00975 e. The van der Waals surface area contributed by atoms with Crippen molar-refractivity contribution in [3.05, 3.63) is 0 Å². The van der Waals surface area contributed by atoms with Crippen molar-refractivity contribution >= 4 is 0 Å². The van der Waals surface area contributed by atoms with Crippen LogP contribution in [0.5, 0.6) is 0 Å². The van der Waals surface area contributed by atoms with Gasteiger partial charge in [0, 0.05) is 12.1 Å². The Hall–Kier alpha value is -0.0800. The minimum atomic E-state index is -0.0133. The van der Waals surface area contributed by atoms with Gasteiger partial charge in [0.05, 0.1) is 0 Å². The summed E-state index contributed by atoms with van der Waals surface area (Å²) in [5.41, 5.74) is 6.35. The molecule has 0 amide bonds. The summed E-state index contributed by atoms with van der Waals surface area (Å²) in [6, 6.07) is 0. The fraction of sp³-hybridized carbons (Fsp3) is 1.00. The quantitative estimate of drug-likeness (QED) is 0.610. The standard InChI is InChI=1S/C13H30N2/c1-6-8-12(2,3)11-15-10-7-9-13(4,5)14/h15H,6-11,14H2,1-5H3. The van der Waals surface area contributed by atoms with Crippen molar-refractivity contribution in [2.24, 2.45) is 11.1 Å². The van der Waals surface area contributed by atoms with E-state index in [1.165, 1.54) is 19.3 Å². The predicted octanol–water partition coefficient (Wildman–Crippen LogP) is 2.92. The van der Waals surface area contributed by atoms with Crippen LogP contribution in [0, 0.1) is 5.41 Å². The second-order valence-electron chi connectivity index (χ2n) is 6.18. The highest BCUT2D eigenvalue weighted by atomic mass is 14.9. The van der Waals surface area contributed by atoms with Crippen LogP contribution in [0.4, 0.5) is 0 Å². The van der Waals surface area contributed by atoms with Gasteiger partial charge in [0.15, 0.2) is 0 Å². The molecule has 0 atom stereocenters.